The van der Waals surface area contributed by atoms with Crippen LogP contribution in [0.3, 0.4) is 0 Å². The van der Waals surface area contributed by atoms with Crippen LogP contribution in [0.15, 0.2) is 18.2 Å². The van der Waals surface area contributed by atoms with E-state index in [-0.39, 0.29) is 18.3 Å². The first-order valence-corrected chi connectivity index (χ1v) is 7.04. The number of amides is 1. The summed E-state index contributed by atoms with van der Waals surface area (Å²) in [6.07, 6.45) is -0.428. The van der Waals surface area contributed by atoms with Gasteiger partial charge in [-0.3, -0.25) is 10.1 Å². The Morgan fingerprint density at radius 1 is 1.55 bits per heavy atom. The molecule has 1 atom stereocenters. The number of halogens is 1. The van der Waals surface area contributed by atoms with Gasteiger partial charge in [0.25, 0.3) is 5.91 Å². The number of fused-ring (bicyclic) bond motifs is 1. The molecule has 2 heterocycles. The number of rotatable bonds is 2. The van der Waals surface area contributed by atoms with Crippen LogP contribution in [-0.2, 0) is 9.53 Å². The van der Waals surface area contributed by atoms with Crippen molar-refractivity contribution >= 4 is 45.0 Å². The van der Waals surface area contributed by atoms with Crippen LogP contribution in [0.25, 0.3) is 10.2 Å². The monoisotopic (exact) mass is 313 g/mol. The van der Waals surface area contributed by atoms with E-state index < -0.39 is 6.10 Å². The number of aryl methyl sites for hydroxylation is 1. The van der Waals surface area contributed by atoms with Crippen LogP contribution in [0.1, 0.15) is 5.56 Å². The van der Waals surface area contributed by atoms with Gasteiger partial charge in [0.15, 0.2) is 5.13 Å². The second-order valence-electron chi connectivity index (χ2n) is 4.54. The Morgan fingerprint density at radius 2 is 2.40 bits per heavy atom. The lowest BCUT2D eigenvalue weighted by Gasteiger charge is -2.22. The molecule has 1 aliphatic heterocycles. The van der Waals surface area contributed by atoms with E-state index in [1.165, 1.54) is 16.9 Å². The fourth-order valence-corrected chi connectivity index (χ4v) is 2.97. The number of anilines is 1. The predicted molar refractivity (Wildman–Crippen MR) is 82.8 cm³/mol. The average molecular weight is 314 g/mol. The topological polar surface area (TPSA) is 63.2 Å². The zero-order valence-electron chi connectivity index (χ0n) is 11.0. The highest BCUT2D eigenvalue weighted by molar-refractivity contribution is 7.22. The summed E-state index contributed by atoms with van der Waals surface area (Å²) in [6.45, 7) is 3.95. The Hall–Kier alpha value is -1.21. The molecule has 7 heteroatoms. The summed E-state index contributed by atoms with van der Waals surface area (Å²) in [4.78, 5) is 16.4. The first-order chi connectivity index (χ1) is 9.22. The van der Waals surface area contributed by atoms with E-state index in [9.17, 15) is 4.79 Å². The van der Waals surface area contributed by atoms with Crippen molar-refractivity contribution in [2.75, 3.05) is 25.0 Å². The third kappa shape index (κ3) is 3.27. The highest BCUT2D eigenvalue weighted by Gasteiger charge is 2.22. The van der Waals surface area contributed by atoms with Gasteiger partial charge in [-0.15, -0.1) is 12.4 Å². The van der Waals surface area contributed by atoms with Crippen molar-refractivity contribution in [2.24, 2.45) is 0 Å². The van der Waals surface area contributed by atoms with E-state index in [4.69, 9.17) is 4.74 Å². The van der Waals surface area contributed by atoms with Crippen LogP contribution in [0.4, 0.5) is 5.13 Å². The van der Waals surface area contributed by atoms with Crippen molar-refractivity contribution in [2.45, 2.75) is 13.0 Å². The SMILES string of the molecule is Cc1ccc2nc(NC(=O)C3CNCCO3)sc2c1.Cl. The molecule has 0 bridgehead atoms. The Labute approximate surface area is 127 Å². The van der Waals surface area contributed by atoms with Crippen LogP contribution in [0.2, 0.25) is 0 Å². The van der Waals surface area contributed by atoms with Crippen LogP contribution in [0, 0.1) is 6.92 Å². The average Bonchev–Trinajstić information content (AvgIpc) is 2.81. The summed E-state index contributed by atoms with van der Waals surface area (Å²) in [5.41, 5.74) is 2.10. The van der Waals surface area contributed by atoms with E-state index in [2.05, 4.69) is 21.7 Å². The number of hydrogen-bond donors (Lipinski definition) is 2. The number of benzene rings is 1. The number of morpholine rings is 1. The summed E-state index contributed by atoms with van der Waals surface area (Å²) in [5, 5.41) is 6.58. The molecule has 1 unspecified atom stereocenters. The normalized spacial score (nSPS) is 18.6. The first-order valence-electron chi connectivity index (χ1n) is 6.23. The number of carbonyl (C=O) groups is 1. The molecule has 1 fully saturated rings. The molecule has 1 amide bonds. The highest BCUT2D eigenvalue weighted by Crippen LogP contribution is 2.26. The molecule has 1 aliphatic rings. The van der Waals surface area contributed by atoms with Gasteiger partial charge in [0.05, 0.1) is 16.8 Å². The van der Waals surface area contributed by atoms with Crippen LogP contribution < -0.4 is 10.6 Å². The van der Waals surface area contributed by atoms with E-state index in [1.807, 2.05) is 19.1 Å². The second-order valence-corrected chi connectivity index (χ2v) is 5.57. The summed E-state index contributed by atoms with van der Waals surface area (Å²) in [7, 11) is 0. The van der Waals surface area contributed by atoms with Crippen molar-refractivity contribution in [3.8, 4) is 0 Å². The quantitative estimate of drug-likeness (QED) is 0.889. The number of ether oxygens (including phenoxy) is 1. The molecule has 1 saturated heterocycles. The number of thiazole rings is 1. The molecule has 0 aliphatic carbocycles. The van der Waals surface area contributed by atoms with Crippen LogP contribution >= 0.6 is 23.7 Å². The van der Waals surface area contributed by atoms with Gasteiger partial charge in [0.2, 0.25) is 0 Å². The second kappa shape index (κ2) is 6.49. The summed E-state index contributed by atoms with van der Waals surface area (Å²) < 4.78 is 6.49. The molecule has 2 N–H and O–H groups in total. The molecule has 1 aromatic carbocycles. The van der Waals surface area contributed by atoms with Crippen molar-refractivity contribution in [3.05, 3.63) is 23.8 Å². The van der Waals surface area contributed by atoms with Gasteiger partial charge in [-0.05, 0) is 24.6 Å². The Balaban J connectivity index is 0.00000147. The minimum absolute atomic E-state index is 0. The molecule has 0 spiro atoms. The maximum Gasteiger partial charge on any atom is 0.256 e. The zero-order valence-corrected chi connectivity index (χ0v) is 12.6. The molecule has 20 heavy (non-hydrogen) atoms. The third-order valence-corrected chi connectivity index (χ3v) is 3.93. The summed E-state index contributed by atoms with van der Waals surface area (Å²) >= 11 is 1.48. The number of nitrogens with zero attached hydrogens (tertiary/aromatic N) is 1. The molecule has 108 valence electrons. The molecule has 0 radical (unpaired) electrons. The number of nitrogens with one attached hydrogen (secondary N) is 2. The van der Waals surface area contributed by atoms with E-state index in [1.54, 1.807) is 0 Å². The Morgan fingerprint density at radius 3 is 3.15 bits per heavy atom. The van der Waals surface area contributed by atoms with Gasteiger partial charge in [-0.1, -0.05) is 17.4 Å². The molecule has 2 aromatic rings. The van der Waals surface area contributed by atoms with Gasteiger partial charge >= 0.3 is 0 Å². The molecule has 5 nitrogen and oxygen atoms in total. The maximum atomic E-state index is 12.0. The summed E-state index contributed by atoms with van der Waals surface area (Å²) in [6, 6.07) is 6.05. The molecule has 3 rings (SSSR count). The van der Waals surface area contributed by atoms with Crippen molar-refractivity contribution in [1.29, 1.82) is 0 Å². The van der Waals surface area contributed by atoms with Crippen LogP contribution in [0.5, 0.6) is 0 Å². The van der Waals surface area contributed by atoms with Gasteiger partial charge < -0.3 is 10.1 Å². The molecular weight excluding hydrogens is 298 g/mol. The molecular formula is C13H16ClN3O2S. The standard InChI is InChI=1S/C13H15N3O2S.ClH/c1-8-2-3-9-11(6-8)19-13(15-9)16-12(17)10-7-14-4-5-18-10;/h2-3,6,10,14H,4-5,7H2,1H3,(H,15,16,17);1H. The Kier molecular flexibility index (Phi) is 4.93. The van der Waals surface area contributed by atoms with E-state index in [0.717, 1.165) is 16.8 Å². The predicted octanol–water partition coefficient (Wildman–Crippen LogP) is 1.95. The van der Waals surface area contributed by atoms with Crippen molar-refractivity contribution in [1.82, 2.24) is 10.3 Å². The zero-order chi connectivity index (χ0) is 13.2. The van der Waals surface area contributed by atoms with E-state index in [0.29, 0.717) is 18.3 Å². The van der Waals surface area contributed by atoms with Gasteiger partial charge in [-0.2, -0.15) is 0 Å². The largest absolute Gasteiger partial charge is 0.366 e. The first kappa shape index (κ1) is 15.2. The maximum absolute atomic E-state index is 12.0. The van der Waals surface area contributed by atoms with Gasteiger partial charge in [-0.25, -0.2) is 4.98 Å². The number of aromatic nitrogens is 1. The minimum Gasteiger partial charge on any atom is -0.366 e. The fraction of sp³-hybridized carbons (Fsp3) is 0.385. The third-order valence-electron chi connectivity index (χ3n) is 2.99. The molecule has 0 saturated carbocycles. The van der Waals surface area contributed by atoms with Crippen molar-refractivity contribution < 1.29 is 9.53 Å². The van der Waals surface area contributed by atoms with Crippen LogP contribution in [-0.4, -0.2) is 36.7 Å². The smallest absolute Gasteiger partial charge is 0.256 e. The van der Waals surface area contributed by atoms with Gasteiger partial charge in [0.1, 0.15) is 6.10 Å². The highest BCUT2D eigenvalue weighted by atomic mass is 35.5. The number of carbonyl (C=O) groups excluding carboxylic acids is 1. The minimum atomic E-state index is -0.428. The number of hydrogen-bond acceptors (Lipinski definition) is 5. The van der Waals surface area contributed by atoms with E-state index >= 15 is 0 Å². The molecule has 1 aromatic heterocycles. The van der Waals surface area contributed by atoms with Gasteiger partial charge in [0, 0.05) is 13.1 Å². The lowest BCUT2D eigenvalue weighted by atomic mass is 10.2. The fourth-order valence-electron chi connectivity index (χ4n) is 2.01. The Bertz CT molecular complexity index is 611. The van der Waals surface area contributed by atoms with Crippen molar-refractivity contribution in [3.63, 3.8) is 0 Å². The lowest BCUT2D eigenvalue weighted by Crippen LogP contribution is -2.45. The summed E-state index contributed by atoms with van der Waals surface area (Å²) in [5.74, 6) is -0.136. The lowest BCUT2D eigenvalue weighted by molar-refractivity contribution is -0.128.